The molecule has 0 atom stereocenters. The third-order valence-electron chi connectivity index (χ3n) is 2.96. The van der Waals surface area contributed by atoms with E-state index in [2.05, 4.69) is 26.6 Å². The molecular formula is C16H15BrN2O2. The molecule has 108 valence electrons. The maximum absolute atomic E-state index is 11.9. The van der Waals surface area contributed by atoms with Crippen molar-refractivity contribution in [1.82, 2.24) is 0 Å². The van der Waals surface area contributed by atoms with E-state index >= 15 is 0 Å². The van der Waals surface area contributed by atoms with Gasteiger partial charge in [0.05, 0.1) is 5.69 Å². The van der Waals surface area contributed by atoms with E-state index in [4.69, 9.17) is 0 Å². The topological polar surface area (TPSA) is 58.2 Å². The lowest BCUT2D eigenvalue weighted by atomic mass is 10.1. The maximum Gasteiger partial charge on any atom is 0.314 e. The van der Waals surface area contributed by atoms with Crippen molar-refractivity contribution in [1.29, 1.82) is 0 Å². The second-order valence-electron chi connectivity index (χ2n) is 4.71. The summed E-state index contributed by atoms with van der Waals surface area (Å²) in [7, 11) is 0. The van der Waals surface area contributed by atoms with Crippen LogP contribution < -0.4 is 10.6 Å². The van der Waals surface area contributed by atoms with Crippen LogP contribution in [0.4, 0.5) is 11.4 Å². The van der Waals surface area contributed by atoms with Gasteiger partial charge in [-0.15, -0.1) is 0 Å². The number of para-hydroxylation sites is 1. The zero-order valence-corrected chi connectivity index (χ0v) is 13.3. The van der Waals surface area contributed by atoms with Gasteiger partial charge in [0.2, 0.25) is 0 Å². The highest BCUT2D eigenvalue weighted by Gasteiger charge is 2.15. The van der Waals surface area contributed by atoms with Crippen LogP contribution in [0.25, 0.3) is 0 Å². The predicted octanol–water partition coefficient (Wildman–Crippen LogP) is 3.64. The molecule has 0 saturated carbocycles. The summed E-state index contributed by atoms with van der Waals surface area (Å²) >= 11 is 3.31. The van der Waals surface area contributed by atoms with E-state index in [0.29, 0.717) is 11.4 Å². The highest BCUT2D eigenvalue weighted by atomic mass is 79.9. The van der Waals surface area contributed by atoms with E-state index in [1.165, 1.54) is 0 Å². The number of hydrogen-bond acceptors (Lipinski definition) is 2. The van der Waals surface area contributed by atoms with Crippen molar-refractivity contribution in [2.24, 2.45) is 0 Å². The van der Waals surface area contributed by atoms with Crippen LogP contribution in [0, 0.1) is 13.8 Å². The molecular weight excluding hydrogens is 332 g/mol. The first-order valence-corrected chi connectivity index (χ1v) is 7.21. The van der Waals surface area contributed by atoms with Gasteiger partial charge in [-0.05, 0) is 53.5 Å². The summed E-state index contributed by atoms with van der Waals surface area (Å²) in [6, 6.07) is 12.7. The van der Waals surface area contributed by atoms with Crippen LogP contribution in [-0.2, 0) is 9.59 Å². The number of halogens is 1. The molecule has 0 radical (unpaired) electrons. The molecule has 2 amide bonds. The zero-order chi connectivity index (χ0) is 15.4. The van der Waals surface area contributed by atoms with E-state index in [1.807, 2.05) is 32.0 Å². The first-order chi connectivity index (χ1) is 9.97. The van der Waals surface area contributed by atoms with Crippen molar-refractivity contribution in [2.45, 2.75) is 13.8 Å². The van der Waals surface area contributed by atoms with E-state index in [-0.39, 0.29) is 0 Å². The summed E-state index contributed by atoms with van der Waals surface area (Å²) in [4.78, 5) is 23.8. The van der Waals surface area contributed by atoms with Gasteiger partial charge in [-0.25, -0.2) is 0 Å². The van der Waals surface area contributed by atoms with Gasteiger partial charge in [0.25, 0.3) is 0 Å². The fourth-order valence-electron chi connectivity index (χ4n) is 1.87. The summed E-state index contributed by atoms with van der Waals surface area (Å²) < 4.78 is 0.720. The molecule has 0 fully saturated rings. The predicted molar refractivity (Wildman–Crippen MR) is 87.3 cm³/mol. The minimum absolute atomic E-state index is 0.554. The average molecular weight is 347 g/mol. The van der Waals surface area contributed by atoms with Gasteiger partial charge in [0.1, 0.15) is 0 Å². The number of carbonyl (C=O) groups is 2. The maximum atomic E-state index is 11.9. The summed E-state index contributed by atoms with van der Waals surface area (Å²) in [5, 5.41) is 5.17. The van der Waals surface area contributed by atoms with Gasteiger partial charge >= 0.3 is 11.8 Å². The molecule has 0 aliphatic rings. The number of rotatable bonds is 2. The molecule has 4 nitrogen and oxygen atoms in total. The molecule has 0 aromatic heterocycles. The van der Waals surface area contributed by atoms with Crippen LogP contribution in [0.3, 0.4) is 0 Å². The molecule has 2 N–H and O–H groups in total. The largest absolute Gasteiger partial charge is 0.318 e. The van der Waals surface area contributed by atoms with Crippen molar-refractivity contribution < 1.29 is 9.59 Å². The molecule has 0 saturated heterocycles. The summed E-state index contributed by atoms with van der Waals surface area (Å²) in [5.41, 5.74) is 3.20. The number of carbonyl (C=O) groups excluding carboxylic acids is 2. The van der Waals surface area contributed by atoms with Gasteiger partial charge in [0.15, 0.2) is 0 Å². The Bertz CT molecular complexity index is 698. The highest BCUT2D eigenvalue weighted by Crippen LogP contribution is 2.21. The van der Waals surface area contributed by atoms with Crippen molar-refractivity contribution in [2.75, 3.05) is 10.6 Å². The molecule has 0 aliphatic heterocycles. The number of anilines is 2. The molecule has 0 bridgehead atoms. The minimum Gasteiger partial charge on any atom is -0.318 e. The van der Waals surface area contributed by atoms with Crippen LogP contribution in [0.2, 0.25) is 0 Å². The Morgan fingerprint density at radius 1 is 0.905 bits per heavy atom. The summed E-state index contributed by atoms with van der Waals surface area (Å²) in [5.74, 6) is -1.40. The van der Waals surface area contributed by atoms with Crippen molar-refractivity contribution in [3.63, 3.8) is 0 Å². The smallest absolute Gasteiger partial charge is 0.314 e. The lowest BCUT2D eigenvalue weighted by Crippen LogP contribution is -2.29. The van der Waals surface area contributed by atoms with E-state index < -0.39 is 11.8 Å². The molecule has 2 aromatic rings. The van der Waals surface area contributed by atoms with E-state index in [0.717, 1.165) is 15.6 Å². The molecule has 21 heavy (non-hydrogen) atoms. The molecule has 0 unspecified atom stereocenters. The molecule has 2 aromatic carbocycles. The Hall–Kier alpha value is -2.14. The van der Waals surface area contributed by atoms with Gasteiger partial charge < -0.3 is 10.6 Å². The first-order valence-electron chi connectivity index (χ1n) is 6.41. The SMILES string of the molecule is Cc1ccc(NC(=O)C(=O)Nc2ccccc2Br)c(C)c1. The fourth-order valence-corrected chi connectivity index (χ4v) is 2.26. The quantitative estimate of drug-likeness (QED) is 0.815. The average Bonchev–Trinajstić information content (AvgIpc) is 2.44. The molecule has 2 rings (SSSR count). The van der Waals surface area contributed by atoms with Gasteiger partial charge in [-0.2, -0.15) is 0 Å². The number of aryl methyl sites for hydroxylation is 2. The third kappa shape index (κ3) is 3.92. The van der Waals surface area contributed by atoms with E-state index in [9.17, 15) is 9.59 Å². The van der Waals surface area contributed by atoms with Crippen molar-refractivity contribution in [3.8, 4) is 0 Å². The Morgan fingerprint density at radius 2 is 1.52 bits per heavy atom. The molecule has 0 spiro atoms. The Labute approximate surface area is 131 Å². The lowest BCUT2D eigenvalue weighted by molar-refractivity contribution is -0.133. The highest BCUT2D eigenvalue weighted by molar-refractivity contribution is 9.10. The second-order valence-corrected chi connectivity index (χ2v) is 5.56. The molecule has 5 heteroatoms. The molecule has 0 aliphatic carbocycles. The van der Waals surface area contributed by atoms with Crippen LogP contribution in [-0.4, -0.2) is 11.8 Å². The summed E-state index contributed by atoms with van der Waals surface area (Å²) in [6.45, 7) is 3.85. The van der Waals surface area contributed by atoms with Gasteiger partial charge in [0, 0.05) is 10.2 Å². The third-order valence-corrected chi connectivity index (χ3v) is 3.65. The van der Waals surface area contributed by atoms with Crippen molar-refractivity contribution in [3.05, 3.63) is 58.1 Å². The van der Waals surface area contributed by atoms with Gasteiger partial charge in [-0.3, -0.25) is 9.59 Å². The number of amides is 2. The normalized spacial score (nSPS) is 10.0. The lowest BCUT2D eigenvalue weighted by Gasteiger charge is -2.10. The summed E-state index contributed by atoms with van der Waals surface area (Å²) in [6.07, 6.45) is 0. The van der Waals surface area contributed by atoms with Crippen LogP contribution >= 0.6 is 15.9 Å². The fraction of sp³-hybridized carbons (Fsp3) is 0.125. The Kier molecular flexibility index (Phi) is 4.75. The van der Waals surface area contributed by atoms with Gasteiger partial charge in [-0.1, -0.05) is 29.8 Å². The first kappa shape index (κ1) is 15.3. The molecule has 0 heterocycles. The Morgan fingerprint density at radius 3 is 2.14 bits per heavy atom. The number of benzene rings is 2. The van der Waals surface area contributed by atoms with Crippen LogP contribution in [0.15, 0.2) is 46.9 Å². The zero-order valence-electron chi connectivity index (χ0n) is 11.7. The minimum atomic E-state index is -0.707. The standard InChI is InChI=1S/C16H15BrN2O2/c1-10-7-8-13(11(2)9-10)18-15(20)16(21)19-14-6-4-3-5-12(14)17/h3-9H,1-2H3,(H,18,20)(H,19,21). The van der Waals surface area contributed by atoms with E-state index in [1.54, 1.807) is 24.3 Å². The number of hydrogen-bond donors (Lipinski definition) is 2. The van der Waals surface area contributed by atoms with Crippen molar-refractivity contribution >= 4 is 39.1 Å². The van der Waals surface area contributed by atoms with Crippen LogP contribution in [0.5, 0.6) is 0 Å². The Balaban J connectivity index is 2.06. The van der Waals surface area contributed by atoms with Crippen LogP contribution in [0.1, 0.15) is 11.1 Å². The second kappa shape index (κ2) is 6.54. The number of nitrogens with one attached hydrogen (secondary N) is 2. The monoisotopic (exact) mass is 346 g/mol.